The number of aliphatic hydroxyl groups excluding tert-OH is 1. The van der Waals surface area contributed by atoms with Crippen molar-refractivity contribution in [3.05, 3.63) is 24.8 Å². The lowest BCUT2D eigenvalue weighted by Crippen LogP contribution is -1.97. The Hall–Kier alpha value is -0.560. The van der Waals surface area contributed by atoms with E-state index in [1.165, 1.54) is 0 Å². The lowest BCUT2D eigenvalue weighted by atomic mass is 10.2. The van der Waals surface area contributed by atoms with Crippen LogP contribution in [0.25, 0.3) is 0 Å². The summed E-state index contributed by atoms with van der Waals surface area (Å²) >= 11 is 0. The van der Waals surface area contributed by atoms with Gasteiger partial charge in [0.1, 0.15) is 0 Å². The molecule has 0 heterocycles. The molecule has 0 unspecified atom stereocenters. The van der Waals surface area contributed by atoms with Gasteiger partial charge < -0.3 is 5.11 Å². The number of aliphatic hydroxyl groups is 1. The van der Waals surface area contributed by atoms with Gasteiger partial charge in [-0.3, -0.25) is 0 Å². The molecule has 0 aliphatic carbocycles. The largest absolute Gasteiger partial charge is 0.389 e. The normalized spacial score (nSPS) is 14.0. The van der Waals surface area contributed by atoms with E-state index in [9.17, 15) is 0 Å². The predicted molar refractivity (Wildman–Crippen MR) is 40.3 cm³/mol. The van der Waals surface area contributed by atoms with Gasteiger partial charge in [-0.15, -0.1) is 6.58 Å². The summed E-state index contributed by atoms with van der Waals surface area (Å²) in [5, 5.41) is 8.92. The first-order valence-corrected chi connectivity index (χ1v) is 3.26. The fourth-order valence-corrected chi connectivity index (χ4v) is 0.499. The summed E-state index contributed by atoms with van der Waals surface area (Å²) in [6.07, 6.45) is 6.90. The third-order valence-corrected chi connectivity index (χ3v) is 1.05. The maximum atomic E-state index is 8.92. The molecule has 1 nitrogen and oxygen atoms in total. The number of allylic oxidation sites excluding steroid dienone is 1. The summed E-state index contributed by atoms with van der Waals surface area (Å²) < 4.78 is 0. The Morgan fingerprint density at radius 3 is 2.67 bits per heavy atom. The van der Waals surface area contributed by atoms with Gasteiger partial charge >= 0.3 is 0 Å². The first-order valence-electron chi connectivity index (χ1n) is 3.26. The molecule has 1 atom stereocenters. The SMILES string of the molecule is C=C[C@H](O)CC=CCC. The summed E-state index contributed by atoms with van der Waals surface area (Å²) in [7, 11) is 0. The topological polar surface area (TPSA) is 20.2 Å². The minimum Gasteiger partial charge on any atom is -0.389 e. The van der Waals surface area contributed by atoms with Gasteiger partial charge in [0.05, 0.1) is 6.10 Å². The molecular weight excluding hydrogens is 112 g/mol. The van der Waals surface area contributed by atoms with Crippen molar-refractivity contribution in [3.8, 4) is 0 Å². The lowest BCUT2D eigenvalue weighted by molar-refractivity contribution is 0.227. The molecular formula is C8H14O. The maximum Gasteiger partial charge on any atom is 0.0752 e. The molecule has 0 aliphatic heterocycles. The maximum absolute atomic E-state index is 8.92. The Morgan fingerprint density at radius 2 is 2.22 bits per heavy atom. The molecule has 0 spiro atoms. The van der Waals surface area contributed by atoms with Crippen LogP contribution in [-0.2, 0) is 0 Å². The van der Waals surface area contributed by atoms with Crippen molar-refractivity contribution >= 4 is 0 Å². The van der Waals surface area contributed by atoms with E-state index in [4.69, 9.17) is 5.11 Å². The molecule has 0 aromatic carbocycles. The Morgan fingerprint density at radius 1 is 1.56 bits per heavy atom. The number of hydrogen-bond acceptors (Lipinski definition) is 1. The van der Waals surface area contributed by atoms with E-state index in [0.29, 0.717) is 6.42 Å². The molecule has 0 amide bonds. The molecule has 0 aliphatic rings. The first-order chi connectivity index (χ1) is 4.31. The molecule has 0 fully saturated rings. The van der Waals surface area contributed by atoms with Crippen molar-refractivity contribution in [1.29, 1.82) is 0 Å². The molecule has 0 radical (unpaired) electrons. The molecule has 0 aromatic rings. The van der Waals surface area contributed by atoms with Crippen LogP contribution in [-0.4, -0.2) is 11.2 Å². The third kappa shape index (κ3) is 5.31. The van der Waals surface area contributed by atoms with Crippen LogP contribution in [0, 0.1) is 0 Å². The van der Waals surface area contributed by atoms with E-state index in [2.05, 4.69) is 13.5 Å². The van der Waals surface area contributed by atoms with Gasteiger partial charge in [0, 0.05) is 0 Å². The van der Waals surface area contributed by atoms with Crippen LogP contribution in [0.5, 0.6) is 0 Å². The summed E-state index contributed by atoms with van der Waals surface area (Å²) in [5.41, 5.74) is 0. The van der Waals surface area contributed by atoms with Crippen LogP contribution in [0.4, 0.5) is 0 Å². The zero-order valence-corrected chi connectivity index (χ0v) is 5.88. The molecule has 0 saturated carbocycles. The van der Waals surface area contributed by atoms with Gasteiger partial charge in [-0.1, -0.05) is 25.2 Å². The molecule has 0 aromatic heterocycles. The minimum atomic E-state index is -0.368. The van der Waals surface area contributed by atoms with E-state index < -0.39 is 0 Å². The average Bonchev–Trinajstić information content (AvgIpc) is 1.89. The fourth-order valence-electron chi connectivity index (χ4n) is 0.499. The molecule has 0 saturated heterocycles. The standard InChI is InChI=1S/C8H14O/c1-3-5-6-7-8(9)4-2/h4-6,8-9H,2-3,7H2,1H3/t8-/m0/s1. The highest BCUT2D eigenvalue weighted by Gasteiger charge is 1.89. The highest BCUT2D eigenvalue weighted by Crippen LogP contribution is 1.93. The van der Waals surface area contributed by atoms with E-state index in [0.717, 1.165) is 6.42 Å². The van der Waals surface area contributed by atoms with Crippen LogP contribution in [0.15, 0.2) is 24.8 Å². The first kappa shape index (κ1) is 8.44. The summed E-state index contributed by atoms with van der Waals surface area (Å²) in [4.78, 5) is 0. The second-order valence-electron chi connectivity index (χ2n) is 1.92. The van der Waals surface area contributed by atoms with Gasteiger partial charge in [0.15, 0.2) is 0 Å². The zero-order chi connectivity index (χ0) is 7.11. The summed E-state index contributed by atoms with van der Waals surface area (Å²) in [5.74, 6) is 0. The van der Waals surface area contributed by atoms with Crippen molar-refractivity contribution in [1.82, 2.24) is 0 Å². The zero-order valence-electron chi connectivity index (χ0n) is 5.88. The number of hydrogen-bond donors (Lipinski definition) is 1. The van der Waals surface area contributed by atoms with Crippen LogP contribution in [0.3, 0.4) is 0 Å². The Kier molecular flexibility index (Phi) is 5.23. The lowest BCUT2D eigenvalue weighted by Gasteiger charge is -1.96. The smallest absolute Gasteiger partial charge is 0.0752 e. The third-order valence-electron chi connectivity index (χ3n) is 1.05. The Balaban J connectivity index is 3.25. The van der Waals surface area contributed by atoms with Crippen molar-refractivity contribution in [2.45, 2.75) is 25.9 Å². The predicted octanol–water partition coefficient (Wildman–Crippen LogP) is 1.89. The average molecular weight is 126 g/mol. The van der Waals surface area contributed by atoms with Crippen LogP contribution in [0.2, 0.25) is 0 Å². The minimum absolute atomic E-state index is 0.368. The van der Waals surface area contributed by atoms with Gasteiger partial charge in [-0.2, -0.15) is 0 Å². The van der Waals surface area contributed by atoms with E-state index in [1.54, 1.807) is 6.08 Å². The fraction of sp³-hybridized carbons (Fsp3) is 0.500. The van der Waals surface area contributed by atoms with Crippen LogP contribution >= 0.6 is 0 Å². The highest BCUT2D eigenvalue weighted by atomic mass is 16.3. The summed E-state index contributed by atoms with van der Waals surface area (Å²) in [6.45, 7) is 5.52. The van der Waals surface area contributed by atoms with Crippen LogP contribution < -0.4 is 0 Å². The number of rotatable bonds is 4. The van der Waals surface area contributed by atoms with Gasteiger partial charge in [-0.05, 0) is 12.8 Å². The van der Waals surface area contributed by atoms with Gasteiger partial charge in [0.2, 0.25) is 0 Å². The molecule has 1 N–H and O–H groups in total. The molecule has 0 rings (SSSR count). The van der Waals surface area contributed by atoms with Crippen molar-refractivity contribution in [2.24, 2.45) is 0 Å². The quantitative estimate of drug-likeness (QED) is 0.570. The van der Waals surface area contributed by atoms with Crippen molar-refractivity contribution in [3.63, 3.8) is 0 Å². The second-order valence-corrected chi connectivity index (χ2v) is 1.92. The van der Waals surface area contributed by atoms with Crippen molar-refractivity contribution < 1.29 is 5.11 Å². The second kappa shape index (κ2) is 5.57. The molecule has 52 valence electrons. The van der Waals surface area contributed by atoms with E-state index in [-0.39, 0.29) is 6.10 Å². The molecule has 0 bridgehead atoms. The van der Waals surface area contributed by atoms with Crippen molar-refractivity contribution in [2.75, 3.05) is 0 Å². The van der Waals surface area contributed by atoms with E-state index in [1.807, 2.05) is 12.2 Å². The molecule has 9 heavy (non-hydrogen) atoms. The van der Waals surface area contributed by atoms with Crippen LogP contribution in [0.1, 0.15) is 19.8 Å². The Labute approximate surface area is 56.7 Å². The Bertz CT molecular complexity index is 94.7. The van der Waals surface area contributed by atoms with E-state index >= 15 is 0 Å². The van der Waals surface area contributed by atoms with Gasteiger partial charge in [-0.25, -0.2) is 0 Å². The molecule has 1 heteroatoms. The highest BCUT2D eigenvalue weighted by molar-refractivity contribution is 4.89. The van der Waals surface area contributed by atoms with Gasteiger partial charge in [0.25, 0.3) is 0 Å². The summed E-state index contributed by atoms with van der Waals surface area (Å²) in [6, 6.07) is 0. The monoisotopic (exact) mass is 126 g/mol.